The van der Waals surface area contributed by atoms with Crippen molar-refractivity contribution in [3.8, 4) is 0 Å². The molecule has 3 rings (SSSR count). The van der Waals surface area contributed by atoms with E-state index in [0.717, 1.165) is 5.52 Å². The lowest BCUT2D eigenvalue weighted by Crippen LogP contribution is -2.13. The van der Waals surface area contributed by atoms with E-state index in [1.165, 1.54) is 36.2 Å². The average molecular weight is 243 g/mol. The third kappa shape index (κ3) is 1.74. The summed E-state index contributed by atoms with van der Waals surface area (Å²) in [6.45, 7) is 2.86. The largest absolute Gasteiger partial charge is 0.331 e. The van der Waals surface area contributed by atoms with Gasteiger partial charge in [-0.2, -0.15) is 0 Å². The van der Waals surface area contributed by atoms with Crippen molar-refractivity contribution >= 4 is 11.0 Å². The van der Waals surface area contributed by atoms with Gasteiger partial charge in [-0.15, -0.1) is 0 Å². The normalized spacial score (nSPS) is 17.9. The minimum atomic E-state index is 0.413. The predicted molar refractivity (Wildman–Crippen MR) is 74.8 cm³/mol. The van der Waals surface area contributed by atoms with Gasteiger partial charge >= 0.3 is 0 Å². The summed E-state index contributed by atoms with van der Waals surface area (Å²) >= 11 is 0. The van der Waals surface area contributed by atoms with Gasteiger partial charge in [0.25, 0.3) is 0 Å². The Labute approximate surface area is 108 Å². The standard InChI is InChI=1S/C15H21N3/c1-10(9-16)12-6-7-13-14(8-12)18(2)15(17-13)11-4-3-5-11/h6-8,10-11H,3-5,9,16H2,1-2H3. The molecule has 1 fully saturated rings. The van der Waals surface area contributed by atoms with E-state index in [1.54, 1.807) is 0 Å². The number of hydrogen-bond acceptors (Lipinski definition) is 2. The van der Waals surface area contributed by atoms with Crippen molar-refractivity contribution in [2.75, 3.05) is 6.54 Å². The topological polar surface area (TPSA) is 43.8 Å². The number of hydrogen-bond donors (Lipinski definition) is 1. The van der Waals surface area contributed by atoms with E-state index in [2.05, 4.69) is 36.7 Å². The molecule has 0 radical (unpaired) electrons. The fourth-order valence-corrected chi connectivity index (χ4v) is 2.70. The molecule has 18 heavy (non-hydrogen) atoms. The molecule has 0 amide bonds. The highest BCUT2D eigenvalue weighted by Gasteiger charge is 2.24. The number of nitrogens with two attached hydrogens (primary N) is 1. The van der Waals surface area contributed by atoms with Crippen LogP contribution in [0, 0.1) is 0 Å². The number of rotatable bonds is 3. The number of fused-ring (bicyclic) bond motifs is 1. The number of aromatic nitrogens is 2. The van der Waals surface area contributed by atoms with Crippen LogP contribution in [0.15, 0.2) is 18.2 Å². The Hall–Kier alpha value is -1.35. The molecule has 3 heteroatoms. The SMILES string of the molecule is CC(CN)c1ccc2nc(C3CCC3)n(C)c2c1. The monoisotopic (exact) mass is 243 g/mol. The number of imidazole rings is 1. The van der Waals surface area contributed by atoms with Crippen LogP contribution < -0.4 is 5.73 Å². The molecule has 1 heterocycles. The molecule has 2 N–H and O–H groups in total. The molecule has 96 valence electrons. The van der Waals surface area contributed by atoms with Gasteiger partial charge in [-0.25, -0.2) is 4.98 Å². The lowest BCUT2D eigenvalue weighted by Gasteiger charge is -2.24. The summed E-state index contributed by atoms with van der Waals surface area (Å²) in [7, 11) is 2.14. The van der Waals surface area contributed by atoms with Gasteiger partial charge in [-0.3, -0.25) is 0 Å². The van der Waals surface area contributed by atoms with Crippen LogP contribution in [-0.4, -0.2) is 16.1 Å². The van der Waals surface area contributed by atoms with Crippen molar-refractivity contribution in [1.82, 2.24) is 9.55 Å². The van der Waals surface area contributed by atoms with Crippen LogP contribution in [0.1, 0.15) is 49.4 Å². The minimum Gasteiger partial charge on any atom is -0.331 e. The maximum atomic E-state index is 5.75. The van der Waals surface area contributed by atoms with Crippen molar-refractivity contribution in [2.24, 2.45) is 12.8 Å². The predicted octanol–water partition coefficient (Wildman–Crippen LogP) is 2.90. The number of aryl methyl sites for hydroxylation is 1. The second kappa shape index (κ2) is 4.39. The fourth-order valence-electron chi connectivity index (χ4n) is 2.70. The fraction of sp³-hybridized carbons (Fsp3) is 0.533. The van der Waals surface area contributed by atoms with Crippen LogP contribution in [0.2, 0.25) is 0 Å². The Bertz CT molecular complexity index is 566. The quantitative estimate of drug-likeness (QED) is 0.900. The molecule has 1 unspecified atom stereocenters. The van der Waals surface area contributed by atoms with Gasteiger partial charge < -0.3 is 10.3 Å². The first-order chi connectivity index (χ1) is 8.70. The van der Waals surface area contributed by atoms with E-state index in [1.807, 2.05) is 0 Å². The van der Waals surface area contributed by atoms with Crippen molar-refractivity contribution < 1.29 is 0 Å². The molecule has 1 aliphatic carbocycles. The van der Waals surface area contributed by atoms with Gasteiger partial charge in [0, 0.05) is 13.0 Å². The molecule has 0 bridgehead atoms. The molecule has 0 aliphatic heterocycles. The summed E-state index contributed by atoms with van der Waals surface area (Å²) in [6, 6.07) is 6.55. The van der Waals surface area contributed by atoms with Gasteiger partial charge in [0.15, 0.2) is 0 Å². The molecule has 1 aliphatic rings. The molecular weight excluding hydrogens is 222 g/mol. The molecule has 0 spiro atoms. The van der Waals surface area contributed by atoms with Crippen molar-refractivity contribution in [3.63, 3.8) is 0 Å². The van der Waals surface area contributed by atoms with Gasteiger partial charge in [-0.05, 0) is 43.0 Å². The highest BCUT2D eigenvalue weighted by molar-refractivity contribution is 5.77. The summed E-state index contributed by atoms with van der Waals surface area (Å²) in [5, 5.41) is 0. The Morgan fingerprint density at radius 3 is 2.83 bits per heavy atom. The van der Waals surface area contributed by atoms with Crippen LogP contribution in [0.5, 0.6) is 0 Å². The van der Waals surface area contributed by atoms with E-state index < -0.39 is 0 Å². The molecule has 0 saturated heterocycles. The van der Waals surface area contributed by atoms with Gasteiger partial charge in [0.1, 0.15) is 5.82 Å². The Morgan fingerprint density at radius 1 is 1.44 bits per heavy atom. The summed E-state index contributed by atoms with van der Waals surface area (Å²) in [5.41, 5.74) is 9.42. The second-order valence-electron chi connectivity index (χ2n) is 5.54. The van der Waals surface area contributed by atoms with E-state index >= 15 is 0 Å². The van der Waals surface area contributed by atoms with E-state index in [9.17, 15) is 0 Å². The molecular formula is C15H21N3. The van der Waals surface area contributed by atoms with Crippen LogP contribution in [0.25, 0.3) is 11.0 Å². The van der Waals surface area contributed by atoms with Crippen LogP contribution in [0.4, 0.5) is 0 Å². The smallest absolute Gasteiger partial charge is 0.112 e. The van der Waals surface area contributed by atoms with Gasteiger partial charge in [-0.1, -0.05) is 19.4 Å². The van der Waals surface area contributed by atoms with Crippen LogP contribution >= 0.6 is 0 Å². The number of nitrogens with zero attached hydrogens (tertiary/aromatic N) is 2. The first-order valence-corrected chi connectivity index (χ1v) is 6.87. The van der Waals surface area contributed by atoms with Crippen LogP contribution in [-0.2, 0) is 7.05 Å². The van der Waals surface area contributed by atoms with Crippen molar-refractivity contribution in [1.29, 1.82) is 0 Å². The van der Waals surface area contributed by atoms with Gasteiger partial charge in [0.2, 0.25) is 0 Å². The summed E-state index contributed by atoms with van der Waals surface area (Å²) in [6.07, 6.45) is 3.94. The summed E-state index contributed by atoms with van der Waals surface area (Å²) in [4.78, 5) is 4.79. The maximum absolute atomic E-state index is 5.75. The first-order valence-electron chi connectivity index (χ1n) is 6.87. The first kappa shape index (κ1) is 11.7. The number of benzene rings is 1. The zero-order valence-electron chi connectivity index (χ0n) is 11.2. The van der Waals surface area contributed by atoms with E-state index in [4.69, 9.17) is 10.7 Å². The molecule has 1 atom stereocenters. The van der Waals surface area contributed by atoms with Gasteiger partial charge in [0.05, 0.1) is 11.0 Å². The Kier molecular flexibility index (Phi) is 2.86. The van der Waals surface area contributed by atoms with E-state index in [-0.39, 0.29) is 0 Å². The van der Waals surface area contributed by atoms with Crippen LogP contribution in [0.3, 0.4) is 0 Å². The Morgan fingerprint density at radius 2 is 2.22 bits per heavy atom. The zero-order valence-corrected chi connectivity index (χ0v) is 11.2. The zero-order chi connectivity index (χ0) is 12.7. The molecule has 2 aromatic rings. The van der Waals surface area contributed by atoms with E-state index in [0.29, 0.717) is 18.4 Å². The lowest BCUT2D eigenvalue weighted by atomic mass is 9.85. The molecule has 1 saturated carbocycles. The highest BCUT2D eigenvalue weighted by atomic mass is 15.1. The Balaban J connectivity index is 2.07. The molecule has 3 nitrogen and oxygen atoms in total. The van der Waals surface area contributed by atoms with Crippen molar-refractivity contribution in [3.05, 3.63) is 29.6 Å². The third-order valence-electron chi connectivity index (χ3n) is 4.33. The maximum Gasteiger partial charge on any atom is 0.112 e. The highest BCUT2D eigenvalue weighted by Crippen LogP contribution is 2.37. The summed E-state index contributed by atoms with van der Waals surface area (Å²) < 4.78 is 2.27. The second-order valence-corrected chi connectivity index (χ2v) is 5.54. The lowest BCUT2D eigenvalue weighted by molar-refractivity contribution is 0.394. The molecule has 1 aromatic carbocycles. The van der Waals surface area contributed by atoms with Crippen molar-refractivity contribution in [2.45, 2.75) is 38.0 Å². The third-order valence-corrected chi connectivity index (χ3v) is 4.33. The average Bonchev–Trinajstić information content (AvgIpc) is 2.64. The minimum absolute atomic E-state index is 0.413. The molecule has 1 aromatic heterocycles. The summed E-state index contributed by atoms with van der Waals surface area (Å²) in [5.74, 6) is 2.35.